The normalized spacial score (nSPS) is 18.9. The summed E-state index contributed by atoms with van der Waals surface area (Å²) in [7, 11) is 0. The van der Waals surface area contributed by atoms with Gasteiger partial charge < -0.3 is 10.8 Å². The van der Waals surface area contributed by atoms with Crippen LogP contribution in [0.1, 0.15) is 31.2 Å². The molecule has 1 saturated carbocycles. The zero-order valence-corrected chi connectivity index (χ0v) is 8.57. The Bertz CT molecular complexity index is 381. The fraction of sp³-hybridized carbons (Fsp3) is 0.417. The number of carbonyl (C=O) groups is 1. The molecule has 2 rings (SSSR count). The molecule has 1 aromatic carbocycles. The average Bonchev–Trinajstić information content (AvgIpc) is 2.67. The predicted molar refractivity (Wildman–Crippen MR) is 58.6 cm³/mol. The van der Waals surface area contributed by atoms with E-state index < -0.39 is 11.4 Å². The predicted octanol–water partition coefficient (Wildman–Crippen LogP) is 2.17. The van der Waals surface area contributed by atoms with Crippen LogP contribution in [0.25, 0.3) is 0 Å². The number of hydrogen-bond donors (Lipinski definition) is 2. The molecule has 0 spiro atoms. The topological polar surface area (TPSA) is 63.3 Å². The number of carboxylic acid groups (broad SMARTS) is 1. The van der Waals surface area contributed by atoms with Crippen LogP contribution in [0.3, 0.4) is 0 Å². The Morgan fingerprint density at radius 3 is 2.53 bits per heavy atom. The van der Waals surface area contributed by atoms with E-state index in [1.165, 1.54) is 0 Å². The van der Waals surface area contributed by atoms with Gasteiger partial charge in [0.15, 0.2) is 0 Å². The number of benzene rings is 1. The molecule has 0 saturated heterocycles. The van der Waals surface area contributed by atoms with Gasteiger partial charge in [-0.2, -0.15) is 0 Å². The first-order chi connectivity index (χ1) is 7.15. The Kier molecular flexibility index (Phi) is 2.39. The summed E-state index contributed by atoms with van der Waals surface area (Å²) < 4.78 is 0. The van der Waals surface area contributed by atoms with Crippen LogP contribution in [0.2, 0.25) is 0 Å². The van der Waals surface area contributed by atoms with E-state index in [4.69, 9.17) is 5.73 Å². The number of carboxylic acids is 1. The molecule has 0 aromatic heterocycles. The van der Waals surface area contributed by atoms with E-state index >= 15 is 0 Å². The summed E-state index contributed by atoms with van der Waals surface area (Å²) in [5.74, 6) is -0.717. The van der Waals surface area contributed by atoms with Gasteiger partial charge in [-0.3, -0.25) is 4.79 Å². The van der Waals surface area contributed by atoms with Crippen molar-refractivity contribution in [1.29, 1.82) is 0 Å². The Balaban J connectivity index is 2.45. The fourth-order valence-corrected chi connectivity index (χ4v) is 2.44. The van der Waals surface area contributed by atoms with E-state index in [2.05, 4.69) is 0 Å². The maximum absolute atomic E-state index is 11.4. The highest BCUT2D eigenvalue weighted by atomic mass is 16.4. The molecule has 3 N–H and O–H groups in total. The molecule has 0 unspecified atom stereocenters. The molecular formula is C12H15NO2. The molecule has 0 heterocycles. The lowest BCUT2D eigenvalue weighted by Crippen LogP contribution is -2.32. The van der Waals surface area contributed by atoms with Crippen molar-refractivity contribution in [3.8, 4) is 0 Å². The van der Waals surface area contributed by atoms with E-state index in [1.54, 1.807) is 12.1 Å². The van der Waals surface area contributed by atoms with Gasteiger partial charge in [-0.15, -0.1) is 0 Å². The Morgan fingerprint density at radius 2 is 2.00 bits per heavy atom. The second-order valence-electron chi connectivity index (χ2n) is 4.22. The maximum Gasteiger partial charge on any atom is 0.314 e. The van der Waals surface area contributed by atoms with Crippen LogP contribution in [-0.4, -0.2) is 11.1 Å². The van der Waals surface area contributed by atoms with E-state index in [0.29, 0.717) is 5.69 Å². The summed E-state index contributed by atoms with van der Waals surface area (Å²) in [6.45, 7) is 0. The quantitative estimate of drug-likeness (QED) is 0.727. The zero-order chi connectivity index (χ0) is 10.9. The number of nitrogen functional groups attached to an aromatic ring is 1. The minimum absolute atomic E-state index is 0.639. The lowest BCUT2D eigenvalue weighted by atomic mass is 9.79. The molecule has 0 atom stereocenters. The van der Waals surface area contributed by atoms with Gasteiger partial charge in [-0.1, -0.05) is 25.0 Å². The van der Waals surface area contributed by atoms with E-state index in [-0.39, 0.29) is 0 Å². The largest absolute Gasteiger partial charge is 0.481 e. The standard InChI is InChI=1S/C12H15NO2/c13-10-5-3-4-9(8-10)12(11(14)15)6-1-2-7-12/h3-5,8H,1-2,6-7,13H2,(H,14,15). The highest BCUT2D eigenvalue weighted by Crippen LogP contribution is 2.41. The number of hydrogen-bond acceptors (Lipinski definition) is 2. The van der Waals surface area contributed by atoms with E-state index in [0.717, 1.165) is 31.2 Å². The van der Waals surface area contributed by atoms with Crippen LogP contribution in [0.15, 0.2) is 24.3 Å². The van der Waals surface area contributed by atoms with Crippen molar-refractivity contribution in [2.24, 2.45) is 0 Å². The van der Waals surface area contributed by atoms with E-state index in [1.807, 2.05) is 12.1 Å². The molecule has 1 aromatic rings. The van der Waals surface area contributed by atoms with Crippen molar-refractivity contribution in [2.75, 3.05) is 5.73 Å². The number of anilines is 1. The van der Waals surface area contributed by atoms with Gasteiger partial charge in [0.05, 0.1) is 5.41 Å². The van der Waals surface area contributed by atoms with Gasteiger partial charge in [0.2, 0.25) is 0 Å². The summed E-state index contributed by atoms with van der Waals surface area (Å²) in [6, 6.07) is 7.27. The van der Waals surface area contributed by atoms with Crippen LogP contribution in [0.4, 0.5) is 5.69 Å². The number of rotatable bonds is 2. The third kappa shape index (κ3) is 1.58. The molecule has 15 heavy (non-hydrogen) atoms. The Labute approximate surface area is 88.9 Å². The average molecular weight is 205 g/mol. The molecule has 3 heteroatoms. The van der Waals surface area contributed by atoms with Gasteiger partial charge >= 0.3 is 5.97 Å². The zero-order valence-electron chi connectivity index (χ0n) is 8.57. The van der Waals surface area contributed by atoms with Crippen molar-refractivity contribution in [2.45, 2.75) is 31.1 Å². The molecule has 80 valence electrons. The first-order valence-electron chi connectivity index (χ1n) is 5.24. The Hall–Kier alpha value is -1.51. The third-order valence-corrected chi connectivity index (χ3v) is 3.31. The summed E-state index contributed by atoms with van der Waals surface area (Å²) in [5.41, 5.74) is 6.50. The van der Waals surface area contributed by atoms with Crippen molar-refractivity contribution < 1.29 is 9.90 Å². The smallest absolute Gasteiger partial charge is 0.314 e. The number of aliphatic carboxylic acids is 1. The lowest BCUT2D eigenvalue weighted by Gasteiger charge is -2.24. The van der Waals surface area contributed by atoms with Gasteiger partial charge in [-0.05, 0) is 30.5 Å². The molecule has 1 aliphatic rings. The van der Waals surface area contributed by atoms with Crippen LogP contribution in [0, 0.1) is 0 Å². The van der Waals surface area contributed by atoms with Crippen molar-refractivity contribution >= 4 is 11.7 Å². The van der Waals surface area contributed by atoms with Gasteiger partial charge in [0.1, 0.15) is 0 Å². The molecule has 1 aliphatic carbocycles. The summed E-state index contributed by atoms with van der Waals surface area (Å²) in [5, 5.41) is 9.37. The molecule has 3 nitrogen and oxygen atoms in total. The van der Waals surface area contributed by atoms with Crippen molar-refractivity contribution in [3.05, 3.63) is 29.8 Å². The van der Waals surface area contributed by atoms with Gasteiger partial charge in [-0.25, -0.2) is 0 Å². The van der Waals surface area contributed by atoms with Gasteiger partial charge in [0, 0.05) is 5.69 Å². The van der Waals surface area contributed by atoms with Crippen LogP contribution in [-0.2, 0) is 10.2 Å². The highest BCUT2D eigenvalue weighted by molar-refractivity contribution is 5.82. The molecule has 0 aliphatic heterocycles. The second kappa shape index (κ2) is 3.57. The highest BCUT2D eigenvalue weighted by Gasteiger charge is 2.42. The fourth-order valence-electron chi connectivity index (χ4n) is 2.44. The lowest BCUT2D eigenvalue weighted by molar-refractivity contribution is -0.143. The van der Waals surface area contributed by atoms with Crippen molar-refractivity contribution in [1.82, 2.24) is 0 Å². The molecule has 0 amide bonds. The minimum Gasteiger partial charge on any atom is -0.481 e. The molecule has 0 radical (unpaired) electrons. The SMILES string of the molecule is Nc1cccc(C2(C(=O)O)CCCC2)c1. The number of nitrogens with two attached hydrogens (primary N) is 1. The minimum atomic E-state index is -0.717. The summed E-state index contributed by atoms with van der Waals surface area (Å²) >= 11 is 0. The molecular weight excluding hydrogens is 190 g/mol. The second-order valence-corrected chi connectivity index (χ2v) is 4.22. The van der Waals surface area contributed by atoms with Crippen molar-refractivity contribution in [3.63, 3.8) is 0 Å². The summed E-state index contributed by atoms with van der Waals surface area (Å²) in [4.78, 5) is 11.4. The van der Waals surface area contributed by atoms with Crippen LogP contribution >= 0.6 is 0 Å². The molecule has 1 fully saturated rings. The third-order valence-electron chi connectivity index (χ3n) is 3.31. The Morgan fingerprint density at radius 1 is 1.33 bits per heavy atom. The van der Waals surface area contributed by atoms with E-state index in [9.17, 15) is 9.90 Å². The first-order valence-corrected chi connectivity index (χ1v) is 5.24. The monoisotopic (exact) mass is 205 g/mol. The summed E-state index contributed by atoms with van der Waals surface area (Å²) in [6.07, 6.45) is 3.43. The first kappa shape index (κ1) is 10.0. The van der Waals surface area contributed by atoms with Crippen LogP contribution in [0.5, 0.6) is 0 Å². The molecule has 0 bridgehead atoms. The van der Waals surface area contributed by atoms with Gasteiger partial charge in [0.25, 0.3) is 0 Å². The maximum atomic E-state index is 11.4. The van der Waals surface area contributed by atoms with Crippen LogP contribution < -0.4 is 5.73 Å².